The van der Waals surface area contributed by atoms with Gasteiger partial charge in [0.1, 0.15) is 0 Å². The number of benzene rings is 1. The van der Waals surface area contributed by atoms with E-state index in [0.29, 0.717) is 12.6 Å². The van der Waals surface area contributed by atoms with Crippen molar-refractivity contribution in [2.24, 2.45) is 0 Å². The first kappa shape index (κ1) is 18.2. The zero-order valence-electron chi connectivity index (χ0n) is 14.0. The van der Waals surface area contributed by atoms with Crippen LogP contribution in [0.5, 0.6) is 0 Å². The fraction of sp³-hybridized carbons (Fsp3) is 0.611. The standard InChI is InChI=1S/C18H27N3O.ClH/c1-2-10-20(17-7-9-19-12-17)14-18(22)21-11-8-15-5-3-4-6-16(15)13-21;/h3-6,17,19H,2,7-14H2,1H3;1H. The molecule has 1 unspecified atom stereocenters. The van der Waals surface area contributed by atoms with E-state index in [9.17, 15) is 4.79 Å². The Labute approximate surface area is 145 Å². The van der Waals surface area contributed by atoms with Crippen LogP contribution in [0.25, 0.3) is 0 Å². The fourth-order valence-corrected chi connectivity index (χ4v) is 3.61. The average Bonchev–Trinajstić information content (AvgIpc) is 3.08. The minimum absolute atomic E-state index is 0. The Hall–Kier alpha value is -1.10. The third-order valence-corrected chi connectivity index (χ3v) is 4.88. The topological polar surface area (TPSA) is 35.6 Å². The van der Waals surface area contributed by atoms with Gasteiger partial charge in [-0.1, -0.05) is 31.2 Å². The second-order valence-electron chi connectivity index (χ2n) is 6.45. The number of halogens is 1. The molecule has 0 aliphatic carbocycles. The molecule has 1 aromatic rings. The molecule has 1 atom stereocenters. The average molecular weight is 338 g/mol. The quantitative estimate of drug-likeness (QED) is 0.893. The normalized spacial score (nSPS) is 20.3. The molecule has 2 aliphatic rings. The molecular weight excluding hydrogens is 310 g/mol. The molecule has 0 saturated carbocycles. The second kappa shape index (κ2) is 8.67. The summed E-state index contributed by atoms with van der Waals surface area (Å²) in [6.45, 7) is 7.52. The number of amides is 1. The van der Waals surface area contributed by atoms with E-state index in [1.807, 2.05) is 4.90 Å². The number of carbonyl (C=O) groups is 1. The highest BCUT2D eigenvalue weighted by Gasteiger charge is 2.26. The maximum absolute atomic E-state index is 12.7. The zero-order valence-corrected chi connectivity index (χ0v) is 14.8. The van der Waals surface area contributed by atoms with Gasteiger partial charge in [0.15, 0.2) is 0 Å². The van der Waals surface area contributed by atoms with Crippen molar-refractivity contribution >= 4 is 18.3 Å². The van der Waals surface area contributed by atoms with E-state index < -0.39 is 0 Å². The predicted molar refractivity (Wildman–Crippen MR) is 95.9 cm³/mol. The van der Waals surface area contributed by atoms with Crippen molar-refractivity contribution in [3.05, 3.63) is 35.4 Å². The summed E-state index contributed by atoms with van der Waals surface area (Å²) in [7, 11) is 0. The molecule has 0 aromatic heterocycles. The molecule has 0 radical (unpaired) electrons. The van der Waals surface area contributed by atoms with Crippen LogP contribution in [0.4, 0.5) is 0 Å². The lowest BCUT2D eigenvalue weighted by molar-refractivity contribution is -0.133. The molecule has 2 heterocycles. The van der Waals surface area contributed by atoms with Gasteiger partial charge in [-0.3, -0.25) is 9.69 Å². The summed E-state index contributed by atoms with van der Waals surface area (Å²) >= 11 is 0. The van der Waals surface area contributed by atoms with Crippen molar-refractivity contribution < 1.29 is 4.79 Å². The molecule has 1 N–H and O–H groups in total. The molecule has 1 amide bonds. The van der Waals surface area contributed by atoms with Crippen LogP contribution >= 0.6 is 12.4 Å². The number of hydrogen-bond acceptors (Lipinski definition) is 3. The van der Waals surface area contributed by atoms with Gasteiger partial charge in [-0.2, -0.15) is 0 Å². The first-order chi connectivity index (χ1) is 10.8. The first-order valence-electron chi connectivity index (χ1n) is 8.57. The molecule has 0 bridgehead atoms. The fourth-order valence-electron chi connectivity index (χ4n) is 3.61. The van der Waals surface area contributed by atoms with Crippen LogP contribution in [-0.2, 0) is 17.8 Å². The van der Waals surface area contributed by atoms with Crippen molar-refractivity contribution in [3.63, 3.8) is 0 Å². The summed E-state index contributed by atoms with van der Waals surface area (Å²) in [5.74, 6) is 0.287. The Morgan fingerprint density at radius 2 is 2.13 bits per heavy atom. The summed E-state index contributed by atoms with van der Waals surface area (Å²) < 4.78 is 0. The Morgan fingerprint density at radius 3 is 2.83 bits per heavy atom. The lowest BCUT2D eigenvalue weighted by Crippen LogP contribution is -2.46. The molecule has 0 spiro atoms. The predicted octanol–water partition coefficient (Wildman–Crippen LogP) is 2.07. The molecule has 4 nitrogen and oxygen atoms in total. The van der Waals surface area contributed by atoms with E-state index in [0.717, 1.165) is 52.0 Å². The summed E-state index contributed by atoms with van der Waals surface area (Å²) in [4.78, 5) is 17.1. The third kappa shape index (κ3) is 4.46. The second-order valence-corrected chi connectivity index (χ2v) is 6.45. The highest BCUT2D eigenvalue weighted by molar-refractivity contribution is 5.85. The van der Waals surface area contributed by atoms with Crippen LogP contribution in [0, 0.1) is 0 Å². The number of hydrogen-bond donors (Lipinski definition) is 1. The maximum atomic E-state index is 12.7. The summed E-state index contributed by atoms with van der Waals surface area (Å²) in [6, 6.07) is 9.03. The Balaban J connectivity index is 0.00000192. The largest absolute Gasteiger partial charge is 0.337 e. The minimum atomic E-state index is 0. The molecule has 1 aromatic carbocycles. The number of rotatable bonds is 5. The summed E-state index contributed by atoms with van der Waals surface area (Å²) in [6.07, 6.45) is 3.25. The molecule has 1 saturated heterocycles. The molecule has 3 rings (SSSR count). The van der Waals surface area contributed by atoms with Crippen molar-refractivity contribution in [1.82, 2.24) is 15.1 Å². The van der Waals surface area contributed by atoms with Gasteiger partial charge in [0.25, 0.3) is 0 Å². The van der Waals surface area contributed by atoms with E-state index in [4.69, 9.17) is 0 Å². The highest BCUT2D eigenvalue weighted by atomic mass is 35.5. The SMILES string of the molecule is CCCN(CC(=O)N1CCc2ccccc2C1)C1CCNC1.Cl. The van der Waals surface area contributed by atoms with E-state index in [-0.39, 0.29) is 18.3 Å². The summed E-state index contributed by atoms with van der Waals surface area (Å²) in [5.41, 5.74) is 2.71. The molecule has 5 heteroatoms. The van der Waals surface area contributed by atoms with Gasteiger partial charge >= 0.3 is 0 Å². The van der Waals surface area contributed by atoms with Gasteiger partial charge in [-0.05, 0) is 43.5 Å². The smallest absolute Gasteiger partial charge is 0.237 e. The lowest BCUT2D eigenvalue weighted by atomic mass is 10.00. The zero-order chi connectivity index (χ0) is 15.4. The number of nitrogens with zero attached hydrogens (tertiary/aromatic N) is 2. The lowest BCUT2D eigenvalue weighted by Gasteiger charge is -2.33. The molecule has 1 fully saturated rings. The molecular formula is C18H28ClN3O. The van der Waals surface area contributed by atoms with E-state index >= 15 is 0 Å². The van der Waals surface area contributed by atoms with Gasteiger partial charge in [0, 0.05) is 25.7 Å². The maximum Gasteiger partial charge on any atom is 0.237 e. The van der Waals surface area contributed by atoms with Crippen molar-refractivity contribution in [1.29, 1.82) is 0 Å². The first-order valence-corrected chi connectivity index (χ1v) is 8.57. The van der Waals surface area contributed by atoms with E-state index in [1.54, 1.807) is 0 Å². The monoisotopic (exact) mass is 337 g/mol. The van der Waals surface area contributed by atoms with Crippen LogP contribution < -0.4 is 5.32 Å². The highest BCUT2D eigenvalue weighted by Crippen LogP contribution is 2.19. The van der Waals surface area contributed by atoms with Gasteiger partial charge < -0.3 is 10.2 Å². The molecule has 128 valence electrons. The summed E-state index contributed by atoms with van der Waals surface area (Å²) in [5, 5.41) is 3.41. The minimum Gasteiger partial charge on any atom is -0.337 e. The van der Waals surface area contributed by atoms with Crippen LogP contribution in [0.15, 0.2) is 24.3 Å². The third-order valence-electron chi connectivity index (χ3n) is 4.88. The van der Waals surface area contributed by atoms with Gasteiger partial charge in [-0.25, -0.2) is 0 Å². The van der Waals surface area contributed by atoms with E-state index in [2.05, 4.69) is 41.4 Å². The molecule has 2 aliphatic heterocycles. The number of fused-ring (bicyclic) bond motifs is 1. The number of carbonyl (C=O) groups excluding carboxylic acids is 1. The number of nitrogens with one attached hydrogen (secondary N) is 1. The Kier molecular flexibility index (Phi) is 6.88. The Bertz CT molecular complexity index is 517. The van der Waals surface area contributed by atoms with Gasteiger partial charge in [0.2, 0.25) is 5.91 Å². The van der Waals surface area contributed by atoms with Crippen LogP contribution in [0.3, 0.4) is 0 Å². The van der Waals surface area contributed by atoms with Gasteiger partial charge in [-0.15, -0.1) is 12.4 Å². The van der Waals surface area contributed by atoms with Crippen LogP contribution in [-0.4, -0.2) is 54.5 Å². The van der Waals surface area contributed by atoms with Crippen molar-refractivity contribution in [2.45, 2.75) is 38.8 Å². The van der Waals surface area contributed by atoms with Crippen molar-refractivity contribution in [3.8, 4) is 0 Å². The van der Waals surface area contributed by atoms with Crippen LogP contribution in [0.2, 0.25) is 0 Å². The van der Waals surface area contributed by atoms with Gasteiger partial charge in [0.05, 0.1) is 6.54 Å². The van der Waals surface area contributed by atoms with Crippen LogP contribution in [0.1, 0.15) is 30.9 Å². The molecule has 23 heavy (non-hydrogen) atoms. The Morgan fingerprint density at radius 1 is 1.35 bits per heavy atom. The van der Waals surface area contributed by atoms with E-state index in [1.165, 1.54) is 11.1 Å². The van der Waals surface area contributed by atoms with Crippen molar-refractivity contribution in [2.75, 3.05) is 32.7 Å².